The van der Waals surface area contributed by atoms with Gasteiger partial charge in [-0.25, -0.2) is 0 Å². The fourth-order valence-electron chi connectivity index (χ4n) is 15.1. The molecule has 2 spiro atoms. The Kier molecular flexibility index (Phi) is 8.59. The summed E-state index contributed by atoms with van der Waals surface area (Å²) in [5, 5.41) is 2.56. The first kappa shape index (κ1) is 38.6. The molecule has 0 aliphatic heterocycles. The highest BCUT2D eigenvalue weighted by Gasteiger charge is 2.56. The number of anilines is 3. The Morgan fingerprint density at radius 3 is 1.95 bits per heavy atom. The maximum absolute atomic E-state index is 2.68. The number of nitrogens with zero attached hydrogens (tertiary/aromatic N) is 2. The van der Waals surface area contributed by atoms with Crippen molar-refractivity contribution in [2.75, 3.05) is 4.90 Å². The summed E-state index contributed by atoms with van der Waals surface area (Å²) in [4.78, 5) is 2.62. The molecule has 4 unspecified atom stereocenters. The van der Waals surface area contributed by atoms with Crippen LogP contribution >= 0.6 is 0 Å². The van der Waals surface area contributed by atoms with Gasteiger partial charge in [-0.1, -0.05) is 160 Å². The topological polar surface area (TPSA) is 8.17 Å². The minimum Gasteiger partial charge on any atom is -0.310 e. The lowest BCUT2D eigenvalue weighted by Crippen LogP contribution is -2.48. The van der Waals surface area contributed by atoms with Crippen LogP contribution in [0.2, 0.25) is 0 Å². The van der Waals surface area contributed by atoms with Crippen LogP contribution in [0.4, 0.5) is 17.1 Å². The quantitative estimate of drug-likeness (QED) is 0.162. The van der Waals surface area contributed by atoms with Crippen molar-refractivity contribution >= 4 is 38.9 Å². The molecule has 3 fully saturated rings. The third-order valence-corrected chi connectivity index (χ3v) is 17.6. The van der Waals surface area contributed by atoms with Crippen molar-refractivity contribution in [3.05, 3.63) is 204 Å². The van der Waals surface area contributed by atoms with Crippen molar-refractivity contribution < 1.29 is 0 Å². The van der Waals surface area contributed by atoms with E-state index in [1.165, 1.54) is 153 Å². The van der Waals surface area contributed by atoms with Gasteiger partial charge < -0.3 is 9.47 Å². The third kappa shape index (κ3) is 5.36. The minimum atomic E-state index is 0.0429. The Hall–Kier alpha value is -6.64. The van der Waals surface area contributed by atoms with Crippen molar-refractivity contribution in [1.82, 2.24) is 4.57 Å². The van der Waals surface area contributed by atoms with Crippen LogP contribution in [0, 0.1) is 17.8 Å². The molecular weight excluding hydrogens is 797 g/mol. The molecule has 3 saturated carbocycles. The molecule has 1 aromatic heterocycles. The van der Waals surface area contributed by atoms with Gasteiger partial charge in [0.25, 0.3) is 0 Å². The van der Waals surface area contributed by atoms with E-state index in [1.54, 1.807) is 11.1 Å². The highest BCUT2D eigenvalue weighted by Crippen LogP contribution is 2.65. The molecule has 1 heterocycles. The average molecular weight is 853 g/mol. The van der Waals surface area contributed by atoms with Gasteiger partial charge >= 0.3 is 0 Å². The number of rotatable bonds is 6. The summed E-state index contributed by atoms with van der Waals surface area (Å²) < 4.78 is 2.44. The summed E-state index contributed by atoms with van der Waals surface area (Å²) >= 11 is 0. The molecule has 66 heavy (non-hydrogen) atoms. The molecule has 4 atom stereocenters. The van der Waals surface area contributed by atoms with Crippen molar-refractivity contribution in [1.29, 1.82) is 0 Å². The van der Waals surface area contributed by atoms with Crippen molar-refractivity contribution in [3.8, 4) is 39.1 Å². The molecule has 0 N–H and O–H groups in total. The fraction of sp³-hybridized carbons (Fsp3) is 0.250. The molecule has 9 aromatic rings. The van der Waals surface area contributed by atoms with Gasteiger partial charge in [0.05, 0.1) is 11.0 Å². The van der Waals surface area contributed by atoms with E-state index in [1.807, 2.05) is 0 Å². The van der Waals surface area contributed by atoms with E-state index in [2.05, 4.69) is 198 Å². The zero-order valence-electron chi connectivity index (χ0n) is 38.0. The van der Waals surface area contributed by atoms with Gasteiger partial charge in [0.2, 0.25) is 0 Å². The smallest absolute Gasteiger partial charge is 0.0547 e. The molecule has 0 saturated heterocycles. The predicted molar refractivity (Wildman–Crippen MR) is 276 cm³/mol. The number of para-hydroxylation sites is 2. The van der Waals surface area contributed by atoms with Crippen LogP contribution < -0.4 is 4.90 Å². The lowest BCUT2D eigenvalue weighted by Gasteiger charge is -2.54. The molecule has 5 aliphatic rings. The van der Waals surface area contributed by atoms with Crippen molar-refractivity contribution in [3.63, 3.8) is 0 Å². The van der Waals surface area contributed by atoms with Crippen LogP contribution in [0.25, 0.3) is 60.9 Å². The van der Waals surface area contributed by atoms with Crippen LogP contribution in [-0.2, 0) is 10.8 Å². The fourth-order valence-corrected chi connectivity index (χ4v) is 15.1. The van der Waals surface area contributed by atoms with Gasteiger partial charge in [-0.05, 0) is 166 Å². The minimum absolute atomic E-state index is 0.0429. The monoisotopic (exact) mass is 852 g/mol. The van der Waals surface area contributed by atoms with E-state index < -0.39 is 0 Å². The number of hydrogen-bond acceptors (Lipinski definition) is 1. The van der Waals surface area contributed by atoms with Crippen LogP contribution in [0.15, 0.2) is 182 Å². The molecule has 14 rings (SSSR count). The second kappa shape index (κ2) is 14.7. The molecule has 322 valence electrons. The third-order valence-electron chi connectivity index (χ3n) is 17.6. The summed E-state index contributed by atoms with van der Waals surface area (Å²) in [6, 6.07) is 70.2. The number of benzene rings is 8. The van der Waals surface area contributed by atoms with E-state index in [-0.39, 0.29) is 10.8 Å². The average Bonchev–Trinajstić information content (AvgIpc) is 4.14. The highest BCUT2D eigenvalue weighted by molar-refractivity contribution is 6.10. The molecule has 2 nitrogen and oxygen atoms in total. The van der Waals surface area contributed by atoms with Crippen LogP contribution in [0.5, 0.6) is 0 Å². The standard InChI is InChI=1S/C64H56N2/c1-2-45-36-42-16-14-18-46(37-42)64(45)58-26-10-7-23-52(58)54-33-30-50(41-60(54)64)65(49-29-32-53-51-22-6-9-25-57(51)63(59(53)40-49)34-12-13-35-63)48-21-15-17-43(38-48)44-28-31-56-55-24-8-11-27-61(55)66(62(56)39-44)47-19-4-3-5-20-47/h3-11,15,17,19-33,38-42,45-46H,2,12-14,16,18,34-37H2,1H3. The molecule has 2 heteroatoms. The van der Waals surface area contributed by atoms with Crippen LogP contribution in [0.3, 0.4) is 0 Å². The Morgan fingerprint density at radius 2 is 1.14 bits per heavy atom. The van der Waals surface area contributed by atoms with Gasteiger partial charge in [-0.15, -0.1) is 0 Å². The summed E-state index contributed by atoms with van der Waals surface area (Å²) in [5.41, 5.74) is 22.0. The zero-order valence-corrected chi connectivity index (χ0v) is 38.0. The van der Waals surface area contributed by atoms with Crippen molar-refractivity contribution in [2.45, 2.75) is 82.0 Å². The van der Waals surface area contributed by atoms with Gasteiger partial charge in [0, 0.05) is 44.4 Å². The first-order valence-electron chi connectivity index (χ1n) is 25.1. The Balaban J connectivity index is 0.975. The van der Waals surface area contributed by atoms with Crippen LogP contribution in [0.1, 0.15) is 93.4 Å². The molecular formula is C64H56N2. The van der Waals surface area contributed by atoms with Crippen molar-refractivity contribution in [2.24, 2.45) is 17.8 Å². The second-order valence-corrected chi connectivity index (χ2v) is 20.6. The zero-order chi connectivity index (χ0) is 43.6. The summed E-state index contributed by atoms with van der Waals surface area (Å²) in [6.07, 6.45) is 13.0. The largest absolute Gasteiger partial charge is 0.310 e. The van der Waals surface area contributed by atoms with E-state index in [0.29, 0.717) is 11.8 Å². The Labute approximate surface area is 389 Å². The van der Waals surface area contributed by atoms with Crippen LogP contribution in [-0.4, -0.2) is 4.57 Å². The summed E-state index contributed by atoms with van der Waals surface area (Å²) in [7, 11) is 0. The summed E-state index contributed by atoms with van der Waals surface area (Å²) in [5.74, 6) is 2.18. The van der Waals surface area contributed by atoms with Gasteiger partial charge in [0.15, 0.2) is 0 Å². The first-order chi connectivity index (χ1) is 32.6. The number of fused-ring (bicyclic) bond motifs is 16. The van der Waals surface area contributed by atoms with Gasteiger partial charge in [0.1, 0.15) is 0 Å². The van der Waals surface area contributed by atoms with Gasteiger partial charge in [-0.2, -0.15) is 0 Å². The molecule has 5 aliphatic carbocycles. The normalized spacial score (nSPS) is 21.9. The van der Waals surface area contributed by atoms with E-state index in [9.17, 15) is 0 Å². The Bertz CT molecular complexity index is 3380. The number of hydrogen-bond donors (Lipinski definition) is 0. The van der Waals surface area contributed by atoms with E-state index in [0.717, 1.165) is 5.92 Å². The molecule has 8 aromatic carbocycles. The maximum atomic E-state index is 2.68. The first-order valence-corrected chi connectivity index (χ1v) is 25.1. The lowest BCUT2D eigenvalue weighted by molar-refractivity contribution is 0.0557. The number of aromatic nitrogens is 1. The molecule has 0 radical (unpaired) electrons. The second-order valence-electron chi connectivity index (χ2n) is 20.6. The summed E-state index contributed by atoms with van der Waals surface area (Å²) in [6.45, 7) is 2.48. The molecule has 0 amide bonds. The SMILES string of the molecule is CCC1CC2CCCC(C2)C12c1ccccc1-c1ccc(N(c3cccc(-c4ccc5c6ccccc6n(-c6ccccc6)c5c4)c3)c3ccc4c(c3)C3(CCCC3)c3ccccc3-4)cc12. The lowest BCUT2D eigenvalue weighted by atomic mass is 9.50. The maximum Gasteiger partial charge on any atom is 0.0547 e. The van der Waals surface area contributed by atoms with E-state index >= 15 is 0 Å². The van der Waals surface area contributed by atoms with Gasteiger partial charge in [-0.3, -0.25) is 0 Å². The predicted octanol–water partition coefficient (Wildman–Crippen LogP) is 17.3. The highest BCUT2D eigenvalue weighted by atomic mass is 15.1. The molecule has 2 bridgehead atoms. The van der Waals surface area contributed by atoms with E-state index in [4.69, 9.17) is 0 Å². The Morgan fingerprint density at radius 1 is 0.485 bits per heavy atom.